The molecular formula is C19H25N3O4. The van der Waals surface area contributed by atoms with Gasteiger partial charge in [-0.15, -0.1) is 0 Å². The van der Waals surface area contributed by atoms with Crippen LogP contribution in [0.3, 0.4) is 0 Å². The van der Waals surface area contributed by atoms with E-state index in [0.29, 0.717) is 32.9 Å². The van der Waals surface area contributed by atoms with Gasteiger partial charge >= 0.3 is 6.09 Å². The molecule has 2 aliphatic heterocycles. The standard InChI is InChI=1S/C19H25N3O4/c1-19(2,3)26-18(23)21-8-10-24-12-15(21)17-16-13-6-4-5-7-14(13)20-22(16)9-11-25-17/h4-7,15,17H,8-12H2,1-3H3/t15-,17?/m0/s1. The molecular weight excluding hydrogens is 334 g/mol. The zero-order valence-electron chi connectivity index (χ0n) is 15.5. The normalized spacial score (nSPS) is 23.7. The third-order valence-electron chi connectivity index (χ3n) is 4.70. The topological polar surface area (TPSA) is 65.8 Å². The number of rotatable bonds is 1. The van der Waals surface area contributed by atoms with Crippen molar-refractivity contribution < 1.29 is 19.0 Å². The lowest BCUT2D eigenvalue weighted by atomic mass is 10.0. The van der Waals surface area contributed by atoms with Crippen LogP contribution in [0.5, 0.6) is 0 Å². The van der Waals surface area contributed by atoms with Gasteiger partial charge in [-0.25, -0.2) is 4.79 Å². The molecule has 2 aromatic rings. The molecule has 0 spiro atoms. The van der Waals surface area contributed by atoms with E-state index in [-0.39, 0.29) is 18.2 Å². The van der Waals surface area contributed by atoms with E-state index in [0.717, 1.165) is 16.6 Å². The Morgan fingerprint density at radius 1 is 1.23 bits per heavy atom. The molecule has 7 heteroatoms. The number of aromatic nitrogens is 2. The second-order valence-corrected chi connectivity index (χ2v) is 7.73. The van der Waals surface area contributed by atoms with Crippen molar-refractivity contribution in [1.82, 2.24) is 14.7 Å². The molecule has 1 saturated heterocycles. The monoisotopic (exact) mass is 359 g/mol. The van der Waals surface area contributed by atoms with E-state index in [4.69, 9.17) is 14.2 Å². The van der Waals surface area contributed by atoms with Crippen LogP contribution in [0.15, 0.2) is 24.3 Å². The number of nitrogens with zero attached hydrogens (tertiary/aromatic N) is 3. The average molecular weight is 359 g/mol. The second kappa shape index (κ2) is 6.55. The Morgan fingerprint density at radius 2 is 2.04 bits per heavy atom. The van der Waals surface area contributed by atoms with Gasteiger partial charge in [0.15, 0.2) is 0 Å². The SMILES string of the molecule is CC(C)(C)OC(=O)N1CCOC[C@H]1C1OCCn2nc3ccccc3c21. The summed E-state index contributed by atoms with van der Waals surface area (Å²) in [5.41, 5.74) is 1.41. The summed E-state index contributed by atoms with van der Waals surface area (Å²) in [7, 11) is 0. The molecule has 2 aliphatic rings. The number of carbonyl (C=O) groups is 1. The molecule has 7 nitrogen and oxygen atoms in total. The van der Waals surface area contributed by atoms with Crippen molar-refractivity contribution in [3.63, 3.8) is 0 Å². The largest absolute Gasteiger partial charge is 0.444 e. The van der Waals surface area contributed by atoms with E-state index < -0.39 is 5.60 Å². The highest BCUT2D eigenvalue weighted by Crippen LogP contribution is 2.35. The first-order chi connectivity index (χ1) is 12.4. The first-order valence-corrected chi connectivity index (χ1v) is 9.08. The number of hydrogen-bond acceptors (Lipinski definition) is 5. The van der Waals surface area contributed by atoms with Gasteiger partial charge in [0.25, 0.3) is 0 Å². The molecule has 1 aromatic heterocycles. The minimum absolute atomic E-state index is 0.238. The minimum Gasteiger partial charge on any atom is -0.444 e. The fourth-order valence-corrected chi connectivity index (χ4v) is 3.63. The van der Waals surface area contributed by atoms with Crippen LogP contribution in [0.1, 0.15) is 32.6 Å². The molecule has 0 aliphatic carbocycles. The maximum Gasteiger partial charge on any atom is 0.410 e. The molecule has 0 radical (unpaired) electrons. The van der Waals surface area contributed by atoms with Crippen LogP contribution in [0, 0.1) is 0 Å². The molecule has 1 amide bonds. The molecule has 3 heterocycles. The zero-order valence-corrected chi connectivity index (χ0v) is 15.5. The number of fused-ring (bicyclic) bond motifs is 3. The Balaban J connectivity index is 1.69. The molecule has 1 aromatic carbocycles. The molecule has 2 atom stereocenters. The Hall–Kier alpha value is -2.12. The highest BCUT2D eigenvalue weighted by atomic mass is 16.6. The van der Waals surface area contributed by atoms with E-state index in [1.54, 1.807) is 4.90 Å². The molecule has 0 bridgehead atoms. The van der Waals surface area contributed by atoms with Gasteiger partial charge in [0.2, 0.25) is 0 Å². The Morgan fingerprint density at radius 3 is 2.85 bits per heavy atom. The van der Waals surface area contributed by atoms with Gasteiger partial charge in [0.1, 0.15) is 11.7 Å². The number of hydrogen-bond donors (Lipinski definition) is 0. The highest BCUT2D eigenvalue weighted by molar-refractivity contribution is 5.82. The summed E-state index contributed by atoms with van der Waals surface area (Å²) < 4.78 is 19.4. The van der Waals surface area contributed by atoms with Gasteiger partial charge in [0.05, 0.1) is 43.6 Å². The summed E-state index contributed by atoms with van der Waals surface area (Å²) in [5, 5.41) is 5.75. The molecule has 140 valence electrons. The Bertz CT molecular complexity index is 811. The summed E-state index contributed by atoms with van der Waals surface area (Å²) >= 11 is 0. The van der Waals surface area contributed by atoms with Gasteiger partial charge in [-0.05, 0) is 26.8 Å². The van der Waals surface area contributed by atoms with Crippen molar-refractivity contribution in [1.29, 1.82) is 0 Å². The lowest BCUT2D eigenvalue weighted by Crippen LogP contribution is -2.54. The summed E-state index contributed by atoms with van der Waals surface area (Å²) in [5.74, 6) is 0. The Labute approximate surface area is 152 Å². The summed E-state index contributed by atoms with van der Waals surface area (Å²) in [4.78, 5) is 14.5. The van der Waals surface area contributed by atoms with Crippen LogP contribution in [0.25, 0.3) is 10.9 Å². The third kappa shape index (κ3) is 3.17. The van der Waals surface area contributed by atoms with E-state index >= 15 is 0 Å². The zero-order chi connectivity index (χ0) is 18.3. The molecule has 0 N–H and O–H groups in total. The van der Waals surface area contributed by atoms with E-state index in [1.165, 1.54) is 0 Å². The predicted molar refractivity (Wildman–Crippen MR) is 96.0 cm³/mol. The first kappa shape index (κ1) is 17.3. The van der Waals surface area contributed by atoms with Crippen LogP contribution in [0.2, 0.25) is 0 Å². The number of ether oxygens (including phenoxy) is 3. The maximum atomic E-state index is 12.8. The number of carbonyl (C=O) groups excluding carboxylic acids is 1. The van der Waals surface area contributed by atoms with Gasteiger partial charge in [-0.1, -0.05) is 18.2 Å². The summed E-state index contributed by atoms with van der Waals surface area (Å²) in [6.07, 6.45) is -0.612. The van der Waals surface area contributed by atoms with Crippen LogP contribution >= 0.6 is 0 Å². The fourth-order valence-electron chi connectivity index (χ4n) is 3.63. The smallest absolute Gasteiger partial charge is 0.410 e. The lowest BCUT2D eigenvalue weighted by Gasteiger charge is -2.41. The van der Waals surface area contributed by atoms with E-state index in [1.807, 2.05) is 43.7 Å². The van der Waals surface area contributed by atoms with Gasteiger partial charge in [-0.3, -0.25) is 9.58 Å². The van der Waals surface area contributed by atoms with Gasteiger partial charge in [0, 0.05) is 11.9 Å². The third-order valence-corrected chi connectivity index (χ3v) is 4.70. The second-order valence-electron chi connectivity index (χ2n) is 7.73. The van der Waals surface area contributed by atoms with Crippen LogP contribution in [-0.4, -0.2) is 58.8 Å². The predicted octanol–water partition coefficient (Wildman–Crippen LogP) is 2.74. The van der Waals surface area contributed by atoms with Crippen molar-refractivity contribution in [2.24, 2.45) is 0 Å². The molecule has 26 heavy (non-hydrogen) atoms. The Kier molecular flexibility index (Phi) is 4.36. The first-order valence-electron chi connectivity index (χ1n) is 9.08. The highest BCUT2D eigenvalue weighted by Gasteiger charge is 2.40. The lowest BCUT2D eigenvalue weighted by molar-refractivity contribution is -0.0977. The number of benzene rings is 1. The van der Waals surface area contributed by atoms with E-state index in [9.17, 15) is 4.79 Å². The maximum absolute atomic E-state index is 12.8. The quantitative estimate of drug-likeness (QED) is 0.783. The van der Waals surface area contributed by atoms with Crippen molar-refractivity contribution in [3.8, 4) is 0 Å². The van der Waals surface area contributed by atoms with Gasteiger partial charge < -0.3 is 14.2 Å². The van der Waals surface area contributed by atoms with Crippen molar-refractivity contribution in [3.05, 3.63) is 30.0 Å². The van der Waals surface area contributed by atoms with Gasteiger partial charge in [-0.2, -0.15) is 5.10 Å². The van der Waals surface area contributed by atoms with E-state index in [2.05, 4.69) is 11.2 Å². The van der Waals surface area contributed by atoms with Crippen molar-refractivity contribution in [2.45, 2.75) is 45.1 Å². The molecule has 1 unspecified atom stereocenters. The summed E-state index contributed by atoms with van der Waals surface area (Å²) in [6, 6.07) is 7.80. The van der Waals surface area contributed by atoms with Crippen molar-refractivity contribution in [2.75, 3.05) is 26.4 Å². The van der Waals surface area contributed by atoms with Crippen molar-refractivity contribution >= 4 is 17.0 Å². The molecule has 1 fully saturated rings. The van der Waals surface area contributed by atoms with Crippen LogP contribution in [0.4, 0.5) is 4.79 Å². The van der Waals surface area contributed by atoms with Crippen LogP contribution in [-0.2, 0) is 20.8 Å². The number of morpholine rings is 1. The molecule has 4 rings (SSSR count). The summed E-state index contributed by atoms with van der Waals surface area (Å²) in [6.45, 7) is 8.31. The number of amides is 1. The molecule has 0 saturated carbocycles. The average Bonchev–Trinajstić information content (AvgIpc) is 2.99. The minimum atomic E-state index is -0.540. The fraction of sp³-hybridized carbons (Fsp3) is 0.579. The van der Waals surface area contributed by atoms with Crippen LogP contribution < -0.4 is 0 Å².